The SMILES string of the molecule is Cc1ccc(N(C(=O)CNC(=O)c2ccco2)[C@H](C(=O)NC(C)(C)C)c2ccc(C(C)C)cc2)c(C)c1. The van der Waals surface area contributed by atoms with Gasteiger partial charge in [-0.25, -0.2) is 0 Å². The predicted octanol–water partition coefficient (Wildman–Crippen LogP) is 5.44. The van der Waals surface area contributed by atoms with E-state index < -0.39 is 23.4 Å². The summed E-state index contributed by atoms with van der Waals surface area (Å²) in [6.07, 6.45) is 1.40. The molecule has 0 aliphatic carbocycles. The molecule has 0 bridgehead atoms. The molecule has 0 saturated heterocycles. The lowest BCUT2D eigenvalue weighted by molar-refractivity contribution is -0.127. The number of amides is 3. The first-order valence-electron chi connectivity index (χ1n) is 12.5. The first-order chi connectivity index (χ1) is 17.4. The van der Waals surface area contributed by atoms with Crippen molar-refractivity contribution >= 4 is 23.4 Å². The van der Waals surface area contributed by atoms with Crippen LogP contribution in [0.4, 0.5) is 5.69 Å². The lowest BCUT2D eigenvalue weighted by Crippen LogP contribution is -2.51. The van der Waals surface area contributed by atoms with E-state index >= 15 is 0 Å². The zero-order valence-electron chi connectivity index (χ0n) is 22.7. The van der Waals surface area contributed by atoms with Crippen LogP contribution in [0.1, 0.15) is 79.4 Å². The Bertz CT molecular complexity index is 1240. The topological polar surface area (TPSA) is 91.7 Å². The standard InChI is InChI=1S/C30H37N3O4/c1-19(2)22-11-13-23(14-12-22)27(29(36)32-30(5,6)7)33(24-15-10-20(3)17-21(24)4)26(34)18-31-28(35)25-9-8-16-37-25/h8-17,19,27H,18H2,1-7H3,(H,31,35)(H,32,36)/t27-/m0/s1. The van der Waals surface area contributed by atoms with Gasteiger partial charge in [0, 0.05) is 11.2 Å². The fourth-order valence-corrected chi connectivity index (χ4v) is 4.15. The van der Waals surface area contributed by atoms with Gasteiger partial charge in [-0.1, -0.05) is 55.8 Å². The second-order valence-corrected chi connectivity index (χ2v) is 10.7. The Balaban J connectivity index is 2.08. The molecule has 2 aromatic carbocycles. The molecule has 0 radical (unpaired) electrons. The molecule has 1 heterocycles. The average molecular weight is 504 g/mol. The summed E-state index contributed by atoms with van der Waals surface area (Å²) < 4.78 is 5.14. The molecule has 1 aromatic heterocycles. The molecular weight excluding hydrogens is 466 g/mol. The van der Waals surface area contributed by atoms with Crippen LogP contribution in [0.25, 0.3) is 0 Å². The molecule has 7 nitrogen and oxygen atoms in total. The van der Waals surface area contributed by atoms with Crippen molar-refractivity contribution in [2.24, 2.45) is 0 Å². The van der Waals surface area contributed by atoms with Gasteiger partial charge in [0.05, 0.1) is 12.8 Å². The van der Waals surface area contributed by atoms with Crippen LogP contribution in [-0.2, 0) is 9.59 Å². The maximum atomic E-state index is 13.8. The summed E-state index contributed by atoms with van der Waals surface area (Å²) in [5.41, 5.74) is 3.78. The van der Waals surface area contributed by atoms with Gasteiger partial charge in [0.15, 0.2) is 5.76 Å². The first kappa shape index (κ1) is 27.7. The second kappa shape index (κ2) is 11.5. The molecule has 2 N–H and O–H groups in total. The molecular formula is C30H37N3O4. The molecule has 3 amide bonds. The molecule has 0 aliphatic heterocycles. The van der Waals surface area contributed by atoms with Gasteiger partial charge < -0.3 is 15.1 Å². The molecule has 0 aliphatic rings. The van der Waals surface area contributed by atoms with Crippen LogP contribution >= 0.6 is 0 Å². The highest BCUT2D eigenvalue weighted by Gasteiger charge is 2.35. The molecule has 1 atom stereocenters. The lowest BCUT2D eigenvalue weighted by atomic mass is 9.96. The highest BCUT2D eigenvalue weighted by molar-refractivity contribution is 6.04. The van der Waals surface area contributed by atoms with Crippen molar-refractivity contribution in [2.45, 2.75) is 66.0 Å². The summed E-state index contributed by atoms with van der Waals surface area (Å²) in [6, 6.07) is 15.7. The minimum absolute atomic E-state index is 0.108. The predicted molar refractivity (Wildman–Crippen MR) is 146 cm³/mol. The maximum absolute atomic E-state index is 13.8. The van der Waals surface area contributed by atoms with Crippen molar-refractivity contribution in [1.82, 2.24) is 10.6 Å². The van der Waals surface area contributed by atoms with Crippen molar-refractivity contribution in [2.75, 3.05) is 11.4 Å². The van der Waals surface area contributed by atoms with Crippen molar-refractivity contribution < 1.29 is 18.8 Å². The lowest BCUT2D eigenvalue weighted by Gasteiger charge is -2.35. The largest absolute Gasteiger partial charge is 0.459 e. The average Bonchev–Trinajstić information content (AvgIpc) is 3.35. The van der Waals surface area contributed by atoms with Crippen LogP contribution in [0.3, 0.4) is 0 Å². The van der Waals surface area contributed by atoms with E-state index in [1.54, 1.807) is 6.07 Å². The smallest absolute Gasteiger partial charge is 0.287 e. The van der Waals surface area contributed by atoms with Crippen molar-refractivity contribution in [3.05, 3.63) is 88.9 Å². The summed E-state index contributed by atoms with van der Waals surface area (Å²) in [5, 5.41) is 5.67. The minimum atomic E-state index is -0.949. The Morgan fingerprint density at radius 3 is 2.14 bits per heavy atom. The van der Waals surface area contributed by atoms with Gasteiger partial charge in [-0.2, -0.15) is 0 Å². The Morgan fingerprint density at radius 1 is 0.946 bits per heavy atom. The number of furan rings is 1. The van der Waals surface area contributed by atoms with E-state index in [1.165, 1.54) is 17.2 Å². The van der Waals surface area contributed by atoms with E-state index in [1.807, 2.05) is 77.1 Å². The number of hydrogen-bond donors (Lipinski definition) is 2. The van der Waals surface area contributed by atoms with Gasteiger partial charge in [-0.05, 0) is 75.4 Å². The Labute approximate surface area is 219 Å². The molecule has 7 heteroatoms. The van der Waals surface area contributed by atoms with E-state index in [4.69, 9.17) is 4.42 Å². The van der Waals surface area contributed by atoms with E-state index in [2.05, 4.69) is 24.5 Å². The summed E-state index contributed by atoms with van der Waals surface area (Å²) in [5.74, 6) is -0.804. The molecule has 3 rings (SSSR count). The minimum Gasteiger partial charge on any atom is -0.459 e. The van der Waals surface area contributed by atoms with Gasteiger partial charge in [0.1, 0.15) is 6.04 Å². The summed E-state index contributed by atoms with van der Waals surface area (Å²) in [7, 11) is 0. The van der Waals surface area contributed by atoms with Crippen LogP contribution in [0.2, 0.25) is 0 Å². The van der Waals surface area contributed by atoms with Crippen molar-refractivity contribution in [3.63, 3.8) is 0 Å². The third-order valence-electron chi connectivity index (χ3n) is 5.95. The highest BCUT2D eigenvalue weighted by Crippen LogP contribution is 2.32. The monoisotopic (exact) mass is 503 g/mol. The van der Waals surface area contributed by atoms with Gasteiger partial charge in [0.25, 0.3) is 5.91 Å². The van der Waals surface area contributed by atoms with Crippen LogP contribution in [0.15, 0.2) is 65.3 Å². The Hall–Kier alpha value is -3.87. The number of nitrogens with one attached hydrogen (secondary N) is 2. The third-order valence-corrected chi connectivity index (χ3v) is 5.95. The van der Waals surface area contributed by atoms with Crippen molar-refractivity contribution in [1.29, 1.82) is 0 Å². The molecule has 37 heavy (non-hydrogen) atoms. The van der Waals surface area contributed by atoms with Crippen LogP contribution in [0.5, 0.6) is 0 Å². The van der Waals surface area contributed by atoms with Gasteiger partial charge >= 0.3 is 0 Å². The number of rotatable bonds is 8. The quantitative estimate of drug-likeness (QED) is 0.428. The van der Waals surface area contributed by atoms with Crippen molar-refractivity contribution in [3.8, 4) is 0 Å². The Morgan fingerprint density at radius 2 is 1.59 bits per heavy atom. The molecule has 0 saturated carbocycles. The van der Waals surface area contributed by atoms with Crippen LogP contribution < -0.4 is 15.5 Å². The van der Waals surface area contributed by atoms with E-state index in [9.17, 15) is 14.4 Å². The highest BCUT2D eigenvalue weighted by atomic mass is 16.3. The van der Waals surface area contributed by atoms with Gasteiger partial charge in [-0.3, -0.25) is 19.3 Å². The summed E-state index contributed by atoms with van der Waals surface area (Å²) in [4.78, 5) is 41.6. The molecule has 3 aromatic rings. The number of aryl methyl sites for hydroxylation is 2. The fourth-order valence-electron chi connectivity index (χ4n) is 4.15. The van der Waals surface area contributed by atoms with E-state index in [0.717, 1.165) is 16.7 Å². The van der Waals surface area contributed by atoms with Gasteiger partial charge in [-0.15, -0.1) is 0 Å². The van der Waals surface area contributed by atoms with E-state index in [-0.39, 0.29) is 18.2 Å². The summed E-state index contributed by atoms with van der Waals surface area (Å²) >= 11 is 0. The number of carbonyl (C=O) groups excluding carboxylic acids is 3. The Kier molecular flexibility index (Phi) is 8.58. The first-order valence-corrected chi connectivity index (χ1v) is 12.5. The molecule has 196 valence electrons. The van der Waals surface area contributed by atoms with Crippen LogP contribution in [0, 0.1) is 13.8 Å². The molecule has 0 fully saturated rings. The molecule has 0 unspecified atom stereocenters. The third kappa shape index (κ3) is 7.09. The maximum Gasteiger partial charge on any atom is 0.287 e. The zero-order valence-corrected chi connectivity index (χ0v) is 22.7. The van der Waals surface area contributed by atoms with Crippen LogP contribution in [-0.4, -0.2) is 29.8 Å². The number of nitrogens with zero attached hydrogens (tertiary/aromatic N) is 1. The van der Waals surface area contributed by atoms with E-state index in [0.29, 0.717) is 17.2 Å². The number of benzene rings is 2. The second-order valence-electron chi connectivity index (χ2n) is 10.7. The normalized spacial score (nSPS) is 12.2. The number of anilines is 1. The zero-order chi connectivity index (χ0) is 27.3. The molecule has 0 spiro atoms. The summed E-state index contributed by atoms with van der Waals surface area (Å²) in [6.45, 7) is 13.5. The fraction of sp³-hybridized carbons (Fsp3) is 0.367. The number of hydrogen-bond acceptors (Lipinski definition) is 4. The number of carbonyl (C=O) groups is 3. The van der Waals surface area contributed by atoms with Gasteiger partial charge in [0.2, 0.25) is 11.8 Å².